The van der Waals surface area contributed by atoms with Crippen molar-refractivity contribution < 1.29 is 38.3 Å². The summed E-state index contributed by atoms with van der Waals surface area (Å²) < 4.78 is 13.5. The van der Waals surface area contributed by atoms with Gasteiger partial charge in [0, 0.05) is 61.9 Å². The molecule has 0 spiro atoms. The standard InChI is InChI=1S/C62H92N6O10/c1-5-63(6-2)39-23-41-65(47-49-25-15-11-9-12-16-26-49)57(69)29-19-21-43-75-53-33-35-55-51(45-53)31-37-59(71)67(55)77-61(73)62(74)78-68-56-36-34-54(46-52(56)32-38-60(68)72)76-44-22-20-30-58(70)66(42-24-40-64(7-3)8-4)48-50-27-17-13-10-14-18-28-50/h31-38,45-46,49-50H,5-30,39-44,47-48H2,1-4H3. The molecule has 0 atom stereocenters. The van der Waals surface area contributed by atoms with Crippen molar-refractivity contribution >= 4 is 45.6 Å². The first-order chi connectivity index (χ1) is 38.0. The zero-order valence-electron chi connectivity index (χ0n) is 47.7. The van der Waals surface area contributed by atoms with Gasteiger partial charge >= 0.3 is 11.9 Å². The lowest BCUT2D eigenvalue weighted by atomic mass is 9.90. The van der Waals surface area contributed by atoms with Gasteiger partial charge in [-0.05, 0) is 164 Å². The summed E-state index contributed by atoms with van der Waals surface area (Å²) in [5.41, 5.74) is -0.998. The lowest BCUT2D eigenvalue weighted by Gasteiger charge is -2.30. The molecule has 0 bridgehead atoms. The van der Waals surface area contributed by atoms with Crippen molar-refractivity contribution in [2.75, 3.05) is 78.7 Å². The van der Waals surface area contributed by atoms with E-state index in [9.17, 15) is 28.8 Å². The van der Waals surface area contributed by atoms with Gasteiger partial charge in [0.25, 0.3) is 11.1 Å². The van der Waals surface area contributed by atoms with E-state index in [-0.39, 0.29) is 22.8 Å². The first kappa shape index (κ1) is 61.5. The molecule has 6 rings (SSSR count). The average Bonchev–Trinajstić information content (AvgIpc) is 3.42. The third-order valence-electron chi connectivity index (χ3n) is 16.0. The van der Waals surface area contributed by atoms with Gasteiger partial charge in [-0.25, -0.2) is 9.59 Å². The molecular formula is C62H92N6O10. The molecule has 16 nitrogen and oxygen atoms in total. The number of carbonyl (C=O) groups is 4. The SMILES string of the molecule is CCN(CC)CCCN(CC1CCCCCCC1)C(=O)CCCCOc1ccc2c(ccc(=O)n2OC(=O)C(=O)On2c(=O)ccc3cc(OCCCCC(=O)N(CCCN(CC)CC)CC4CCCCCCC4)ccc32)c1. The fourth-order valence-corrected chi connectivity index (χ4v) is 11.2. The van der Waals surface area contributed by atoms with Crippen molar-refractivity contribution in [3.8, 4) is 11.5 Å². The van der Waals surface area contributed by atoms with Crippen molar-refractivity contribution in [2.24, 2.45) is 11.8 Å². The molecule has 2 fully saturated rings. The Morgan fingerprint density at radius 1 is 0.462 bits per heavy atom. The molecule has 0 unspecified atom stereocenters. The molecule has 16 heteroatoms. The predicted octanol–water partition coefficient (Wildman–Crippen LogP) is 9.87. The molecule has 430 valence electrons. The van der Waals surface area contributed by atoms with Crippen LogP contribution in [0.3, 0.4) is 0 Å². The fourth-order valence-electron chi connectivity index (χ4n) is 11.2. The van der Waals surface area contributed by atoms with Crippen LogP contribution in [0.4, 0.5) is 0 Å². The quantitative estimate of drug-likeness (QED) is 0.0360. The maximum atomic E-state index is 13.6. The smallest absolute Gasteiger partial charge is 0.444 e. The van der Waals surface area contributed by atoms with Crippen molar-refractivity contribution in [3.05, 3.63) is 81.4 Å². The van der Waals surface area contributed by atoms with Crippen molar-refractivity contribution in [1.29, 1.82) is 0 Å². The van der Waals surface area contributed by atoms with Gasteiger partial charge in [0.1, 0.15) is 11.5 Å². The maximum Gasteiger partial charge on any atom is 0.444 e. The monoisotopic (exact) mass is 1080 g/mol. The van der Waals surface area contributed by atoms with E-state index in [1.54, 1.807) is 48.5 Å². The van der Waals surface area contributed by atoms with Crippen LogP contribution in [0, 0.1) is 11.8 Å². The second kappa shape index (κ2) is 33.6. The van der Waals surface area contributed by atoms with Gasteiger partial charge in [0.2, 0.25) is 11.8 Å². The summed E-state index contributed by atoms with van der Waals surface area (Å²) in [5, 5.41) is 1.02. The number of hydrogen-bond acceptors (Lipinski definition) is 12. The summed E-state index contributed by atoms with van der Waals surface area (Å²) in [5.74, 6) is -0.426. The zero-order valence-corrected chi connectivity index (χ0v) is 47.7. The summed E-state index contributed by atoms with van der Waals surface area (Å²) in [4.78, 5) is 99.3. The number of pyridine rings is 2. The topological polar surface area (TPSA) is 162 Å². The number of ether oxygens (including phenoxy) is 2. The summed E-state index contributed by atoms with van der Waals surface area (Å²) in [6.07, 6.45) is 23.2. The van der Waals surface area contributed by atoms with Crippen LogP contribution >= 0.6 is 0 Å². The van der Waals surface area contributed by atoms with Gasteiger partial charge in [-0.3, -0.25) is 19.2 Å². The molecule has 0 N–H and O–H groups in total. The summed E-state index contributed by atoms with van der Waals surface area (Å²) in [6, 6.07) is 15.3. The predicted molar refractivity (Wildman–Crippen MR) is 308 cm³/mol. The lowest BCUT2D eigenvalue weighted by Crippen LogP contribution is -2.40. The molecule has 2 aromatic carbocycles. The van der Waals surface area contributed by atoms with E-state index in [1.807, 2.05) is 0 Å². The lowest BCUT2D eigenvalue weighted by molar-refractivity contribution is -0.168. The third kappa shape index (κ3) is 19.9. The summed E-state index contributed by atoms with van der Waals surface area (Å²) >= 11 is 0. The molecule has 2 saturated carbocycles. The van der Waals surface area contributed by atoms with E-state index in [2.05, 4.69) is 47.3 Å². The second-order valence-electron chi connectivity index (χ2n) is 21.6. The van der Waals surface area contributed by atoms with E-state index in [0.717, 1.165) is 78.3 Å². The Morgan fingerprint density at radius 3 is 1.21 bits per heavy atom. The van der Waals surface area contributed by atoms with E-state index in [1.165, 1.54) is 102 Å². The Morgan fingerprint density at radius 2 is 0.833 bits per heavy atom. The van der Waals surface area contributed by atoms with Gasteiger partial charge in [-0.2, -0.15) is 0 Å². The first-order valence-corrected chi connectivity index (χ1v) is 30.0. The van der Waals surface area contributed by atoms with Gasteiger partial charge in [-0.1, -0.05) is 91.9 Å². The Kier molecular flexibility index (Phi) is 26.5. The Labute approximate surface area is 463 Å². The molecule has 0 saturated heterocycles. The molecule has 2 heterocycles. The molecular weight excluding hydrogens is 989 g/mol. The Hall–Kier alpha value is -5.74. The van der Waals surface area contributed by atoms with E-state index in [0.29, 0.717) is 95.3 Å². The molecule has 2 amide bonds. The number of fused-ring (bicyclic) bond motifs is 2. The van der Waals surface area contributed by atoms with Crippen LogP contribution in [0.2, 0.25) is 0 Å². The molecule has 2 aliphatic carbocycles. The van der Waals surface area contributed by atoms with Gasteiger partial charge in [-0.15, -0.1) is 9.46 Å². The fraction of sp³-hybridized carbons (Fsp3) is 0.645. The van der Waals surface area contributed by atoms with Crippen LogP contribution in [-0.4, -0.2) is 131 Å². The van der Waals surface area contributed by atoms with Crippen molar-refractivity contribution in [3.63, 3.8) is 0 Å². The van der Waals surface area contributed by atoms with E-state index in [4.69, 9.17) is 19.1 Å². The number of aromatic nitrogens is 2. The minimum Gasteiger partial charge on any atom is -0.494 e. The number of rotatable bonds is 30. The highest BCUT2D eigenvalue weighted by Crippen LogP contribution is 2.26. The number of amides is 2. The summed E-state index contributed by atoms with van der Waals surface area (Å²) in [6.45, 7) is 18.8. The normalized spacial score (nSPS) is 14.9. The first-order valence-electron chi connectivity index (χ1n) is 30.0. The minimum absolute atomic E-state index is 0.206. The molecule has 2 aromatic heterocycles. The molecule has 78 heavy (non-hydrogen) atoms. The minimum atomic E-state index is -1.52. The molecule has 0 aliphatic heterocycles. The Bertz CT molecular complexity index is 2420. The highest BCUT2D eigenvalue weighted by Gasteiger charge is 2.25. The number of nitrogens with zero attached hydrogens (tertiary/aromatic N) is 6. The number of hydrogen-bond donors (Lipinski definition) is 0. The number of carbonyl (C=O) groups excluding carboxylic acids is 4. The van der Waals surface area contributed by atoms with Crippen molar-refractivity contribution in [1.82, 2.24) is 29.1 Å². The molecule has 0 radical (unpaired) electrons. The second-order valence-corrected chi connectivity index (χ2v) is 21.6. The van der Waals surface area contributed by atoms with Gasteiger partial charge in [0.05, 0.1) is 24.2 Å². The van der Waals surface area contributed by atoms with Crippen LogP contribution in [0.5, 0.6) is 11.5 Å². The van der Waals surface area contributed by atoms with Gasteiger partial charge < -0.3 is 38.7 Å². The average molecular weight is 1080 g/mol. The Balaban J connectivity index is 0.970. The highest BCUT2D eigenvalue weighted by atomic mass is 16.7. The molecule has 2 aliphatic rings. The molecule has 4 aromatic rings. The summed E-state index contributed by atoms with van der Waals surface area (Å²) in [7, 11) is 0. The van der Waals surface area contributed by atoms with Crippen LogP contribution in [0.1, 0.15) is 169 Å². The highest BCUT2D eigenvalue weighted by molar-refractivity contribution is 6.30. The van der Waals surface area contributed by atoms with Crippen molar-refractivity contribution in [2.45, 2.75) is 169 Å². The largest absolute Gasteiger partial charge is 0.494 e. The van der Waals surface area contributed by atoms with Gasteiger partial charge in [0.15, 0.2) is 0 Å². The van der Waals surface area contributed by atoms with Crippen LogP contribution in [0.15, 0.2) is 70.3 Å². The zero-order chi connectivity index (χ0) is 55.5. The number of unbranched alkanes of at least 4 members (excludes halogenated alkanes) is 2. The number of benzene rings is 2. The maximum absolute atomic E-state index is 13.6. The van der Waals surface area contributed by atoms with E-state index < -0.39 is 23.1 Å². The van der Waals surface area contributed by atoms with Crippen LogP contribution in [-0.2, 0) is 19.2 Å². The third-order valence-corrected chi connectivity index (χ3v) is 16.0. The van der Waals surface area contributed by atoms with Crippen LogP contribution < -0.4 is 30.3 Å². The van der Waals surface area contributed by atoms with Crippen LogP contribution in [0.25, 0.3) is 21.8 Å². The van der Waals surface area contributed by atoms with E-state index >= 15 is 0 Å².